The van der Waals surface area contributed by atoms with Crippen LogP contribution in [0.3, 0.4) is 0 Å². The van der Waals surface area contributed by atoms with Gasteiger partial charge in [-0.25, -0.2) is 0 Å². The van der Waals surface area contributed by atoms with Crippen molar-refractivity contribution >= 4 is 11.4 Å². The molecule has 2 aliphatic rings. The van der Waals surface area contributed by atoms with Crippen molar-refractivity contribution in [1.82, 2.24) is 0 Å². The lowest BCUT2D eigenvalue weighted by atomic mass is 10.1. The van der Waals surface area contributed by atoms with E-state index in [0.717, 1.165) is 24.3 Å². The molecule has 5 nitrogen and oxygen atoms in total. The van der Waals surface area contributed by atoms with E-state index in [4.69, 9.17) is 0 Å². The lowest BCUT2D eigenvalue weighted by Gasteiger charge is -2.42. The maximum absolute atomic E-state index is 11.0. The number of benzene rings is 1. The average Bonchev–Trinajstić information content (AvgIpc) is 2.87. The Morgan fingerprint density at radius 2 is 1.75 bits per heavy atom. The number of anilines is 1. The van der Waals surface area contributed by atoms with E-state index in [-0.39, 0.29) is 10.6 Å². The molecule has 0 amide bonds. The summed E-state index contributed by atoms with van der Waals surface area (Å²) >= 11 is 0. The van der Waals surface area contributed by atoms with Crippen LogP contribution in [0.2, 0.25) is 0 Å². The van der Waals surface area contributed by atoms with E-state index in [1.807, 2.05) is 6.92 Å². The predicted octanol–water partition coefficient (Wildman–Crippen LogP) is 2.33. The minimum absolute atomic E-state index is 0.204. The van der Waals surface area contributed by atoms with Gasteiger partial charge in [-0.3, -0.25) is 10.1 Å². The molecule has 2 fully saturated rings. The number of aryl methyl sites for hydroxylation is 1. The van der Waals surface area contributed by atoms with Crippen molar-refractivity contribution in [2.45, 2.75) is 19.8 Å². The third-order valence-electron chi connectivity index (χ3n) is 4.83. The van der Waals surface area contributed by atoms with Gasteiger partial charge in [0.2, 0.25) is 0 Å². The van der Waals surface area contributed by atoms with Gasteiger partial charge in [0.25, 0.3) is 5.69 Å². The highest BCUT2D eigenvalue weighted by Gasteiger charge is 2.35. The summed E-state index contributed by atoms with van der Waals surface area (Å²) in [5, 5.41) is 11.0. The van der Waals surface area contributed by atoms with E-state index in [9.17, 15) is 10.1 Å². The molecule has 0 bridgehead atoms. The first-order chi connectivity index (χ1) is 9.58. The molecule has 0 saturated carbocycles. The van der Waals surface area contributed by atoms with Crippen LogP contribution >= 0.6 is 0 Å². The van der Waals surface area contributed by atoms with Gasteiger partial charge < -0.3 is 9.38 Å². The summed E-state index contributed by atoms with van der Waals surface area (Å²) in [6, 6.07) is 5.42. The van der Waals surface area contributed by atoms with Crippen molar-refractivity contribution in [3.8, 4) is 0 Å². The minimum atomic E-state index is -0.297. The van der Waals surface area contributed by atoms with Crippen LogP contribution in [0, 0.1) is 17.0 Å². The van der Waals surface area contributed by atoms with Crippen molar-refractivity contribution in [2.24, 2.45) is 0 Å². The van der Waals surface area contributed by atoms with Gasteiger partial charge in [0.05, 0.1) is 44.2 Å². The molecule has 0 aliphatic carbocycles. The Kier molecular flexibility index (Phi) is 3.38. The Bertz CT molecular complexity index is 514. The highest BCUT2D eigenvalue weighted by Crippen LogP contribution is 2.28. The molecule has 1 aromatic carbocycles. The number of piperazine rings is 1. The number of nitro groups is 1. The number of hydrogen-bond donors (Lipinski definition) is 0. The van der Waals surface area contributed by atoms with Crippen LogP contribution in [0.1, 0.15) is 18.4 Å². The molecule has 0 N–H and O–H groups in total. The van der Waals surface area contributed by atoms with Gasteiger partial charge in [-0.15, -0.1) is 0 Å². The maximum Gasteiger partial charge on any atom is 0.271 e. The second kappa shape index (κ2) is 5.05. The minimum Gasteiger partial charge on any atom is -0.360 e. The molecule has 20 heavy (non-hydrogen) atoms. The number of quaternary nitrogens is 1. The van der Waals surface area contributed by atoms with E-state index in [1.54, 1.807) is 12.1 Å². The van der Waals surface area contributed by atoms with Crippen molar-refractivity contribution in [3.05, 3.63) is 33.9 Å². The van der Waals surface area contributed by atoms with Gasteiger partial charge in [-0.05, 0) is 18.6 Å². The van der Waals surface area contributed by atoms with E-state index in [1.165, 1.54) is 43.5 Å². The molecule has 2 aliphatic heterocycles. The smallest absolute Gasteiger partial charge is 0.271 e. The van der Waals surface area contributed by atoms with Crippen molar-refractivity contribution < 1.29 is 9.41 Å². The molecule has 1 aromatic rings. The summed E-state index contributed by atoms with van der Waals surface area (Å²) in [4.78, 5) is 13.0. The fourth-order valence-electron chi connectivity index (χ4n) is 3.63. The third kappa shape index (κ3) is 2.50. The van der Waals surface area contributed by atoms with E-state index < -0.39 is 0 Å². The SMILES string of the molecule is Cc1cc(N2CC[N+]3(CCCC3)CC2)cc([N+](=O)[O-])c1. The summed E-state index contributed by atoms with van der Waals surface area (Å²) in [6.45, 7) is 8.96. The Morgan fingerprint density at radius 3 is 2.35 bits per heavy atom. The zero-order chi connectivity index (χ0) is 14.2. The second-order valence-corrected chi connectivity index (χ2v) is 6.21. The van der Waals surface area contributed by atoms with Gasteiger partial charge in [0.1, 0.15) is 0 Å². The summed E-state index contributed by atoms with van der Waals surface area (Å²) in [6.07, 6.45) is 2.71. The standard InChI is InChI=1S/C15H22N3O2/c1-13-10-14(12-15(11-13)17(19)20)16-4-8-18(9-5-16)6-2-3-7-18/h10-12H,2-9H2,1H3/q+1. The summed E-state index contributed by atoms with van der Waals surface area (Å²) in [5.74, 6) is 0. The van der Waals surface area contributed by atoms with Gasteiger partial charge in [-0.2, -0.15) is 0 Å². The van der Waals surface area contributed by atoms with Gasteiger partial charge in [-0.1, -0.05) is 0 Å². The number of rotatable bonds is 2. The van der Waals surface area contributed by atoms with E-state index in [0.29, 0.717) is 0 Å². The Morgan fingerprint density at radius 1 is 1.10 bits per heavy atom. The van der Waals surface area contributed by atoms with Crippen molar-refractivity contribution in [1.29, 1.82) is 0 Å². The van der Waals surface area contributed by atoms with Crippen LogP contribution in [0.4, 0.5) is 11.4 Å². The van der Waals surface area contributed by atoms with Gasteiger partial charge in [0, 0.05) is 30.7 Å². The lowest BCUT2D eigenvalue weighted by Crippen LogP contribution is -2.58. The van der Waals surface area contributed by atoms with Crippen LogP contribution in [0.15, 0.2) is 18.2 Å². The maximum atomic E-state index is 11.0. The highest BCUT2D eigenvalue weighted by molar-refractivity contribution is 5.55. The zero-order valence-electron chi connectivity index (χ0n) is 12.0. The fourth-order valence-corrected chi connectivity index (χ4v) is 3.63. The van der Waals surface area contributed by atoms with E-state index >= 15 is 0 Å². The first-order valence-corrected chi connectivity index (χ1v) is 7.44. The number of nitrogens with zero attached hydrogens (tertiary/aromatic N) is 3. The molecular formula is C15H22N3O2+. The molecule has 5 heteroatoms. The Labute approximate surface area is 119 Å². The van der Waals surface area contributed by atoms with Crippen LogP contribution < -0.4 is 4.90 Å². The lowest BCUT2D eigenvalue weighted by molar-refractivity contribution is -0.917. The second-order valence-electron chi connectivity index (χ2n) is 6.21. The van der Waals surface area contributed by atoms with Crippen LogP contribution in [0.25, 0.3) is 0 Å². The van der Waals surface area contributed by atoms with Crippen molar-refractivity contribution in [2.75, 3.05) is 44.2 Å². The summed E-state index contributed by atoms with van der Waals surface area (Å²) in [5.41, 5.74) is 2.18. The third-order valence-corrected chi connectivity index (χ3v) is 4.83. The number of non-ortho nitro benzene ring substituents is 1. The molecule has 108 valence electrons. The average molecular weight is 276 g/mol. The van der Waals surface area contributed by atoms with Crippen LogP contribution in [-0.4, -0.2) is 48.7 Å². The summed E-state index contributed by atoms with van der Waals surface area (Å²) < 4.78 is 1.27. The molecule has 2 saturated heterocycles. The Hall–Kier alpha value is -1.62. The molecule has 0 aromatic heterocycles. The first kappa shape index (κ1) is 13.4. The topological polar surface area (TPSA) is 46.4 Å². The van der Waals surface area contributed by atoms with Gasteiger partial charge >= 0.3 is 0 Å². The van der Waals surface area contributed by atoms with Crippen molar-refractivity contribution in [3.63, 3.8) is 0 Å². The molecule has 0 radical (unpaired) electrons. The van der Waals surface area contributed by atoms with E-state index in [2.05, 4.69) is 11.0 Å². The van der Waals surface area contributed by atoms with Crippen LogP contribution in [-0.2, 0) is 0 Å². The normalized spacial score (nSPS) is 21.4. The fraction of sp³-hybridized carbons (Fsp3) is 0.600. The molecule has 2 heterocycles. The first-order valence-electron chi connectivity index (χ1n) is 7.44. The largest absolute Gasteiger partial charge is 0.360 e. The van der Waals surface area contributed by atoms with Gasteiger partial charge in [0.15, 0.2) is 0 Å². The zero-order valence-corrected chi connectivity index (χ0v) is 12.0. The molecule has 3 rings (SSSR count). The number of nitro benzene ring substituents is 1. The molecule has 0 atom stereocenters. The monoisotopic (exact) mass is 276 g/mol. The van der Waals surface area contributed by atoms with Crippen LogP contribution in [0.5, 0.6) is 0 Å². The quantitative estimate of drug-likeness (QED) is 0.473. The molecular weight excluding hydrogens is 254 g/mol. The molecule has 1 spiro atoms. The molecule has 0 unspecified atom stereocenters. The summed E-state index contributed by atoms with van der Waals surface area (Å²) in [7, 11) is 0. The highest BCUT2D eigenvalue weighted by atomic mass is 16.6. The number of hydrogen-bond acceptors (Lipinski definition) is 3. The predicted molar refractivity (Wildman–Crippen MR) is 79.0 cm³/mol. The Balaban J connectivity index is 1.76.